The normalized spacial score (nSPS) is 15.2. The zero-order chi connectivity index (χ0) is 60.4. The molecule has 0 saturated carbocycles. The number of rotatable bonds is 35. The molecule has 0 unspecified atom stereocenters. The molecule has 0 heterocycles. The Kier molecular flexibility index (Phi) is 28.9. The van der Waals surface area contributed by atoms with E-state index in [2.05, 4.69) is 53.6 Å². The molecule has 442 valence electrons. The highest BCUT2D eigenvalue weighted by Gasteiger charge is 2.36. The van der Waals surface area contributed by atoms with Crippen LogP contribution in [0.1, 0.15) is 84.8 Å². The summed E-state index contributed by atoms with van der Waals surface area (Å²) in [5.74, 6) is -14.0. The molecule has 2 aromatic rings. The third-order valence-electron chi connectivity index (χ3n) is 12.2. The molecule has 0 saturated heterocycles. The first-order valence-corrected chi connectivity index (χ1v) is 25.8. The topological polar surface area (TPSA) is 474 Å². The average molecular weight is 1130 g/mol. The second-order valence-corrected chi connectivity index (χ2v) is 19.9. The summed E-state index contributed by atoms with van der Waals surface area (Å²) < 4.78 is 0. The molecule has 80 heavy (non-hydrogen) atoms. The van der Waals surface area contributed by atoms with Gasteiger partial charge in [0, 0.05) is 31.7 Å². The van der Waals surface area contributed by atoms with Crippen LogP contribution in [-0.4, -0.2) is 166 Å². The van der Waals surface area contributed by atoms with Crippen LogP contribution < -0.4 is 69.5 Å². The van der Waals surface area contributed by atoms with Gasteiger partial charge in [0.2, 0.25) is 53.2 Å². The van der Waals surface area contributed by atoms with Crippen LogP contribution in [0.3, 0.4) is 0 Å². The Morgan fingerprint density at radius 1 is 0.487 bits per heavy atom. The van der Waals surface area contributed by atoms with Crippen LogP contribution in [0.15, 0.2) is 60.7 Å². The number of nitrogens with one attached hydrogen (secondary N) is 9. The van der Waals surface area contributed by atoms with Crippen molar-refractivity contribution in [1.82, 2.24) is 47.9 Å². The van der Waals surface area contributed by atoms with E-state index in [9.17, 15) is 83.1 Å². The number of hydrogen-bond acceptors (Lipinski definition) is 17. The standard InChI is InChI=1S/C52H77N11O17/c1-26(2)21-34(48(75)62-41(27(3)4)52(79)80)58-47(74)36(23-31-15-11-8-12-16-31)59-49(76)37(24-64)60-50(77)38(25-65)61-51(78)42(29(6)66)63-45(72)33(18-19-39(54)67)56-43(70)28(5)55-46(73)35(22-30-13-9-7-10-14-30)57-44(71)32(53)17-20-40(68)69/h7-16,26-29,32-38,41-42,64-66H,17-25,53H2,1-6H3,(H2,54,67)(H,55,73)(H,56,70)(H,57,71)(H,58,74)(H,59,76)(H,60,77)(H,61,78)(H,62,75)(H,63,72)(H,68,69)(H,79,80)/p-1/t28-,29+,32-,33-,34-,35-,36-,37-,38-,41-,42-/m0/s1. The van der Waals surface area contributed by atoms with E-state index in [-0.39, 0.29) is 31.6 Å². The first-order valence-electron chi connectivity index (χ1n) is 25.8. The first-order chi connectivity index (χ1) is 37.6. The molecule has 0 aromatic heterocycles. The lowest BCUT2D eigenvalue weighted by Gasteiger charge is -2.29. The van der Waals surface area contributed by atoms with Gasteiger partial charge in [-0.1, -0.05) is 88.4 Å². The van der Waals surface area contributed by atoms with Crippen LogP contribution in [0, 0.1) is 11.8 Å². The highest BCUT2D eigenvalue weighted by molar-refractivity contribution is 5.99. The number of primary amides is 1. The molecular formula is C52H76N11O17-. The number of carboxylic acids is 2. The second-order valence-electron chi connectivity index (χ2n) is 19.9. The minimum absolute atomic E-state index is 0.0389. The fourth-order valence-corrected chi connectivity index (χ4v) is 7.64. The number of nitrogens with two attached hydrogens (primary N) is 1. The second kappa shape index (κ2) is 34.0. The summed E-state index contributed by atoms with van der Waals surface area (Å²) in [6, 6.07) is 1.16. The van der Waals surface area contributed by atoms with Crippen LogP contribution in [0.2, 0.25) is 0 Å². The van der Waals surface area contributed by atoms with E-state index in [1.165, 1.54) is 6.92 Å². The van der Waals surface area contributed by atoms with Crippen molar-refractivity contribution in [2.24, 2.45) is 17.6 Å². The summed E-state index contributed by atoms with van der Waals surface area (Å²) in [7, 11) is 0. The molecule has 0 aliphatic rings. The molecule has 17 N–H and O–H groups in total. The van der Waals surface area contributed by atoms with E-state index in [4.69, 9.17) is 5.73 Å². The van der Waals surface area contributed by atoms with Crippen molar-refractivity contribution >= 4 is 71.0 Å². The van der Waals surface area contributed by atoms with E-state index in [0.29, 0.717) is 11.1 Å². The number of carboxylic acid groups (broad SMARTS) is 2. The van der Waals surface area contributed by atoms with Crippen molar-refractivity contribution < 1.29 is 88.8 Å². The Hall–Kier alpha value is -8.08. The third-order valence-corrected chi connectivity index (χ3v) is 12.2. The highest BCUT2D eigenvalue weighted by Crippen LogP contribution is 2.12. The van der Waals surface area contributed by atoms with Crippen molar-refractivity contribution in [3.63, 3.8) is 0 Å². The number of quaternary nitrogens is 1. The molecule has 28 heteroatoms. The summed E-state index contributed by atoms with van der Waals surface area (Å²) in [6.45, 7) is 6.59. The average Bonchev–Trinajstić information content (AvgIpc) is 3.39. The van der Waals surface area contributed by atoms with E-state index >= 15 is 0 Å². The molecule has 2 rings (SSSR count). The number of aliphatic hydroxyl groups excluding tert-OH is 3. The van der Waals surface area contributed by atoms with Gasteiger partial charge in [0.1, 0.15) is 48.3 Å². The highest BCUT2D eigenvalue weighted by atomic mass is 16.4. The number of benzene rings is 2. The molecule has 0 spiro atoms. The van der Waals surface area contributed by atoms with Gasteiger partial charge in [-0.25, -0.2) is 0 Å². The van der Waals surface area contributed by atoms with Crippen LogP contribution >= 0.6 is 0 Å². The van der Waals surface area contributed by atoms with Gasteiger partial charge in [0.05, 0.1) is 31.3 Å². The Bertz CT molecular complexity index is 2450. The maximum Gasteiger partial charge on any atom is 0.278 e. The van der Waals surface area contributed by atoms with Crippen molar-refractivity contribution in [2.45, 2.75) is 153 Å². The summed E-state index contributed by atoms with van der Waals surface area (Å²) in [5.41, 5.74) is 10.1. The van der Waals surface area contributed by atoms with Gasteiger partial charge >= 0.3 is 0 Å². The largest absolute Gasteiger partial charge is 0.550 e. The van der Waals surface area contributed by atoms with Gasteiger partial charge in [-0.2, -0.15) is 0 Å². The summed E-state index contributed by atoms with van der Waals surface area (Å²) in [5, 5.41) is 75.0. The molecule has 0 aliphatic heterocycles. The number of hydrogen-bond donors (Lipinski definition) is 14. The molecule has 10 amide bonds. The van der Waals surface area contributed by atoms with Crippen molar-refractivity contribution in [2.75, 3.05) is 13.2 Å². The minimum atomic E-state index is -1.95. The van der Waals surface area contributed by atoms with Gasteiger partial charge in [0.25, 0.3) is 5.91 Å². The Morgan fingerprint density at radius 2 is 0.887 bits per heavy atom. The lowest BCUT2D eigenvalue weighted by Crippen LogP contribution is -2.69. The first kappa shape index (κ1) is 68.0. The fourth-order valence-electron chi connectivity index (χ4n) is 7.64. The summed E-state index contributed by atoms with van der Waals surface area (Å²) >= 11 is 0. The fraction of sp³-hybridized carbons (Fsp3) is 0.538. The maximum absolute atomic E-state index is 13.9. The lowest BCUT2D eigenvalue weighted by atomic mass is 9.99. The number of aliphatic hydroxyl groups is 3. The molecular weight excluding hydrogens is 1050 g/mol. The molecule has 0 fully saturated rings. The zero-order valence-electron chi connectivity index (χ0n) is 45.5. The van der Waals surface area contributed by atoms with Crippen LogP contribution in [-0.2, 0) is 70.4 Å². The number of carbonyl (C=O) groups excluding carboxylic acids is 12. The van der Waals surface area contributed by atoms with Gasteiger partial charge in [-0.05, 0) is 56.1 Å². The van der Waals surface area contributed by atoms with Crippen LogP contribution in [0.25, 0.3) is 0 Å². The predicted molar refractivity (Wildman–Crippen MR) is 278 cm³/mol. The van der Waals surface area contributed by atoms with Crippen molar-refractivity contribution in [1.29, 1.82) is 0 Å². The quantitative estimate of drug-likeness (QED) is 0.0305. The maximum atomic E-state index is 13.9. The number of amides is 10. The van der Waals surface area contributed by atoms with E-state index in [1.54, 1.807) is 88.4 Å². The molecule has 0 radical (unpaired) electrons. The minimum Gasteiger partial charge on any atom is -0.550 e. The smallest absolute Gasteiger partial charge is 0.278 e. The molecule has 0 bridgehead atoms. The summed E-state index contributed by atoms with van der Waals surface area (Å²) in [6.07, 6.45) is -3.67. The predicted octanol–water partition coefficient (Wildman–Crippen LogP) is -7.92. The van der Waals surface area contributed by atoms with Crippen LogP contribution in [0.4, 0.5) is 0 Å². The SMILES string of the molecule is CC(C)C[C@H](NC(=O)[C@H](Cc1ccccc1)NC(=O)[C@H](CO)NC(=O)[C@H](CO)NC(=O)[C@@H](NC(=O)[C@H](CCC(N)=O)NC(=O)[C@H](C)NC(=O)[C@H](Cc1ccccc1)NC(=O)[C@@H]([NH3+])CCC(=O)[O-])[C@@H](C)O)C(=O)N[C@H](C(=O)[O-])C(C)C. The molecule has 11 atom stereocenters. The zero-order valence-corrected chi connectivity index (χ0v) is 45.5. The summed E-state index contributed by atoms with van der Waals surface area (Å²) in [4.78, 5) is 157. The third kappa shape index (κ3) is 23.9. The van der Waals surface area contributed by atoms with Crippen molar-refractivity contribution in [3.8, 4) is 0 Å². The van der Waals surface area contributed by atoms with Gasteiger partial charge < -0.3 is 94.4 Å². The Morgan fingerprint density at radius 3 is 1.32 bits per heavy atom. The van der Waals surface area contributed by atoms with E-state index in [1.807, 2.05) is 0 Å². The molecule has 2 aromatic carbocycles. The van der Waals surface area contributed by atoms with Gasteiger partial charge in [0.15, 0.2) is 6.04 Å². The number of carbonyl (C=O) groups is 12. The van der Waals surface area contributed by atoms with Gasteiger partial charge in [-0.3, -0.25) is 47.9 Å². The monoisotopic (exact) mass is 1130 g/mol. The molecule has 28 nitrogen and oxygen atoms in total. The van der Waals surface area contributed by atoms with Gasteiger partial charge in [-0.15, -0.1) is 0 Å². The van der Waals surface area contributed by atoms with Crippen molar-refractivity contribution in [3.05, 3.63) is 71.8 Å². The lowest BCUT2D eigenvalue weighted by molar-refractivity contribution is -0.406. The van der Waals surface area contributed by atoms with E-state index < -0.39 is 176 Å². The van der Waals surface area contributed by atoms with E-state index in [0.717, 1.165) is 6.92 Å². The molecule has 0 aliphatic carbocycles. The Labute approximate surface area is 462 Å². The van der Waals surface area contributed by atoms with Crippen LogP contribution in [0.5, 0.6) is 0 Å². The number of aliphatic carboxylic acids is 2. The Balaban J connectivity index is 2.28.